The molecule has 0 unspecified atom stereocenters. The summed E-state index contributed by atoms with van der Waals surface area (Å²) in [5.74, 6) is -1.08. The van der Waals surface area contributed by atoms with Crippen molar-refractivity contribution in [1.29, 1.82) is 0 Å². The predicted octanol–water partition coefficient (Wildman–Crippen LogP) is 2.13. The van der Waals surface area contributed by atoms with Crippen molar-refractivity contribution in [2.75, 3.05) is 18.2 Å². The van der Waals surface area contributed by atoms with Crippen LogP contribution < -0.4 is 5.32 Å². The Labute approximate surface area is 130 Å². The average molecular weight is 321 g/mol. The van der Waals surface area contributed by atoms with Gasteiger partial charge < -0.3 is 10.1 Å². The van der Waals surface area contributed by atoms with Crippen molar-refractivity contribution in [2.45, 2.75) is 5.16 Å². The monoisotopic (exact) mass is 321 g/mol. The number of anilines is 1. The molecule has 0 saturated carbocycles. The van der Waals surface area contributed by atoms with Gasteiger partial charge in [0, 0.05) is 18.1 Å². The highest BCUT2D eigenvalue weighted by atomic mass is 32.2. The van der Waals surface area contributed by atoms with Crippen molar-refractivity contribution in [2.24, 2.45) is 0 Å². The number of aromatic nitrogens is 2. The smallest absolute Gasteiger partial charge is 0.316 e. The Morgan fingerprint density at radius 1 is 1.23 bits per heavy atom. The lowest BCUT2D eigenvalue weighted by atomic mass is 10.2. The van der Waals surface area contributed by atoms with E-state index >= 15 is 0 Å². The fourth-order valence-electron chi connectivity index (χ4n) is 1.43. The van der Waals surface area contributed by atoms with E-state index in [1.807, 2.05) is 0 Å². The normalized spacial score (nSPS) is 10.1. The zero-order chi connectivity index (χ0) is 15.9. The third-order valence-electron chi connectivity index (χ3n) is 2.54. The van der Waals surface area contributed by atoms with Gasteiger partial charge in [-0.05, 0) is 24.3 Å². The van der Waals surface area contributed by atoms with Gasteiger partial charge in [0.25, 0.3) is 5.91 Å². The van der Waals surface area contributed by atoms with E-state index in [1.54, 1.807) is 0 Å². The molecule has 2 rings (SSSR count). The molecule has 8 heteroatoms. The van der Waals surface area contributed by atoms with Crippen LogP contribution in [0.4, 0.5) is 10.1 Å². The first kappa shape index (κ1) is 15.9. The van der Waals surface area contributed by atoms with Crippen LogP contribution in [0.15, 0.2) is 41.8 Å². The number of hydrogen-bond donors (Lipinski definition) is 1. The van der Waals surface area contributed by atoms with E-state index in [1.165, 1.54) is 43.8 Å². The van der Waals surface area contributed by atoms with Crippen molar-refractivity contribution in [1.82, 2.24) is 9.97 Å². The van der Waals surface area contributed by atoms with Crippen molar-refractivity contribution in [3.05, 3.63) is 48.0 Å². The van der Waals surface area contributed by atoms with Gasteiger partial charge in [0.15, 0.2) is 5.16 Å². The van der Waals surface area contributed by atoms with E-state index in [0.717, 1.165) is 11.8 Å². The first-order valence-corrected chi connectivity index (χ1v) is 7.15. The number of carbonyl (C=O) groups is 2. The maximum absolute atomic E-state index is 12.8. The van der Waals surface area contributed by atoms with Gasteiger partial charge in [-0.25, -0.2) is 14.4 Å². The summed E-state index contributed by atoms with van der Waals surface area (Å²) in [5, 5.41) is 2.96. The molecule has 0 fully saturated rings. The number of ether oxygens (including phenoxy) is 1. The van der Waals surface area contributed by atoms with Gasteiger partial charge in [-0.1, -0.05) is 11.8 Å². The number of thioether (sulfide) groups is 1. The summed E-state index contributed by atoms with van der Waals surface area (Å²) in [5.41, 5.74) is 0.724. The molecule has 0 aliphatic heterocycles. The summed E-state index contributed by atoms with van der Waals surface area (Å²) in [6.07, 6.45) is 2.71. The van der Waals surface area contributed by atoms with Crippen molar-refractivity contribution < 1.29 is 18.7 Å². The first-order chi connectivity index (χ1) is 10.6. The van der Waals surface area contributed by atoms with Crippen LogP contribution in [0.1, 0.15) is 10.4 Å². The standard InChI is InChI=1S/C14H12FN3O3S/c1-21-12(19)8-22-14-16-6-9(7-17-14)13(20)18-11-4-2-10(15)3-5-11/h2-7H,8H2,1H3,(H,18,20). The summed E-state index contributed by atoms with van der Waals surface area (Å²) in [7, 11) is 1.30. The molecule has 0 aliphatic carbocycles. The lowest BCUT2D eigenvalue weighted by Crippen LogP contribution is -2.13. The van der Waals surface area contributed by atoms with Gasteiger partial charge in [-0.3, -0.25) is 9.59 Å². The van der Waals surface area contributed by atoms with E-state index in [-0.39, 0.29) is 23.1 Å². The van der Waals surface area contributed by atoms with Crippen molar-refractivity contribution >= 4 is 29.3 Å². The number of nitrogens with one attached hydrogen (secondary N) is 1. The zero-order valence-electron chi connectivity index (χ0n) is 11.6. The number of hydrogen-bond acceptors (Lipinski definition) is 6. The topological polar surface area (TPSA) is 81.2 Å². The van der Waals surface area contributed by atoms with Crippen molar-refractivity contribution in [3.63, 3.8) is 0 Å². The Morgan fingerprint density at radius 3 is 2.45 bits per heavy atom. The maximum atomic E-state index is 12.8. The van der Waals surface area contributed by atoms with Gasteiger partial charge in [-0.2, -0.15) is 0 Å². The number of nitrogens with zero attached hydrogens (tertiary/aromatic N) is 2. The second-order valence-corrected chi connectivity index (χ2v) is 5.02. The first-order valence-electron chi connectivity index (χ1n) is 6.17. The van der Waals surface area contributed by atoms with Crippen LogP contribution >= 0.6 is 11.8 Å². The number of amides is 1. The summed E-state index contributed by atoms with van der Waals surface area (Å²) >= 11 is 1.11. The molecule has 1 amide bonds. The zero-order valence-corrected chi connectivity index (χ0v) is 12.4. The largest absolute Gasteiger partial charge is 0.468 e. The Hall–Kier alpha value is -2.48. The highest BCUT2D eigenvalue weighted by molar-refractivity contribution is 7.99. The van der Waals surface area contributed by atoms with Gasteiger partial charge in [0.2, 0.25) is 0 Å². The van der Waals surface area contributed by atoms with Gasteiger partial charge in [0.1, 0.15) is 5.82 Å². The number of halogens is 1. The molecule has 2 aromatic rings. The van der Waals surface area contributed by atoms with Gasteiger partial charge >= 0.3 is 5.97 Å². The molecule has 0 aliphatic rings. The Kier molecular flexibility index (Phi) is 5.42. The van der Waals surface area contributed by atoms with Crippen LogP contribution in [0.25, 0.3) is 0 Å². The SMILES string of the molecule is COC(=O)CSc1ncc(C(=O)Nc2ccc(F)cc2)cn1. The number of esters is 1. The Bertz CT molecular complexity index is 662. The number of carbonyl (C=O) groups excluding carboxylic acids is 2. The van der Waals surface area contributed by atoms with Gasteiger partial charge in [0.05, 0.1) is 18.4 Å². The molecule has 114 valence electrons. The number of rotatable bonds is 5. The molecule has 0 radical (unpaired) electrons. The molecule has 0 spiro atoms. The third-order valence-corrected chi connectivity index (χ3v) is 3.39. The van der Waals surface area contributed by atoms with E-state index in [2.05, 4.69) is 20.0 Å². The van der Waals surface area contributed by atoms with Crippen LogP contribution in [0.3, 0.4) is 0 Å². The molecule has 0 saturated heterocycles. The second-order valence-electron chi connectivity index (χ2n) is 4.08. The average Bonchev–Trinajstić information content (AvgIpc) is 2.55. The minimum Gasteiger partial charge on any atom is -0.468 e. The highest BCUT2D eigenvalue weighted by Gasteiger charge is 2.09. The molecule has 0 bridgehead atoms. The molecule has 1 aromatic heterocycles. The quantitative estimate of drug-likeness (QED) is 0.516. The molecular formula is C14H12FN3O3S. The van der Waals surface area contributed by atoms with Crippen LogP contribution in [0.5, 0.6) is 0 Å². The van der Waals surface area contributed by atoms with Crippen LogP contribution in [-0.2, 0) is 9.53 Å². The van der Waals surface area contributed by atoms with E-state index in [4.69, 9.17) is 0 Å². The summed E-state index contributed by atoms with van der Waals surface area (Å²) < 4.78 is 17.3. The van der Waals surface area contributed by atoms with E-state index in [0.29, 0.717) is 10.8 Å². The fraction of sp³-hybridized carbons (Fsp3) is 0.143. The predicted molar refractivity (Wildman–Crippen MR) is 79.1 cm³/mol. The molecule has 1 aromatic carbocycles. The van der Waals surface area contributed by atoms with E-state index < -0.39 is 5.91 Å². The number of benzene rings is 1. The Morgan fingerprint density at radius 2 is 1.86 bits per heavy atom. The summed E-state index contributed by atoms with van der Waals surface area (Å²) in [6, 6.07) is 5.40. The number of methoxy groups -OCH3 is 1. The lowest BCUT2D eigenvalue weighted by Gasteiger charge is -2.05. The van der Waals surface area contributed by atoms with Crippen LogP contribution in [0, 0.1) is 5.82 Å². The lowest BCUT2D eigenvalue weighted by molar-refractivity contribution is -0.137. The third kappa shape index (κ3) is 4.52. The Balaban J connectivity index is 1.96. The molecular weight excluding hydrogens is 309 g/mol. The van der Waals surface area contributed by atoms with Crippen molar-refractivity contribution in [3.8, 4) is 0 Å². The maximum Gasteiger partial charge on any atom is 0.316 e. The highest BCUT2D eigenvalue weighted by Crippen LogP contribution is 2.13. The summed E-state index contributed by atoms with van der Waals surface area (Å²) in [4.78, 5) is 30.9. The van der Waals surface area contributed by atoms with Crippen LogP contribution in [-0.4, -0.2) is 34.7 Å². The molecule has 6 nitrogen and oxygen atoms in total. The minimum absolute atomic E-state index is 0.0949. The molecule has 1 N–H and O–H groups in total. The van der Waals surface area contributed by atoms with Crippen LogP contribution in [0.2, 0.25) is 0 Å². The second kappa shape index (κ2) is 7.51. The summed E-state index contributed by atoms with van der Waals surface area (Å²) in [6.45, 7) is 0. The van der Waals surface area contributed by atoms with Gasteiger partial charge in [-0.15, -0.1) is 0 Å². The molecule has 0 atom stereocenters. The molecule has 22 heavy (non-hydrogen) atoms. The van der Waals surface area contributed by atoms with E-state index in [9.17, 15) is 14.0 Å². The molecule has 1 heterocycles. The minimum atomic E-state index is -0.406. The fourth-order valence-corrected chi connectivity index (χ4v) is 2.05.